The van der Waals surface area contributed by atoms with Gasteiger partial charge in [0.2, 0.25) is 5.88 Å². The zero-order chi connectivity index (χ0) is 15.4. The van der Waals surface area contributed by atoms with Gasteiger partial charge in [-0.2, -0.15) is 4.98 Å². The van der Waals surface area contributed by atoms with Gasteiger partial charge in [0.1, 0.15) is 28.7 Å². The number of carbonyl (C=O) groups is 1. The summed E-state index contributed by atoms with van der Waals surface area (Å²) >= 11 is 0. The molecule has 2 rings (SSSR count). The number of hydrogen-bond donors (Lipinski definition) is 2. The van der Waals surface area contributed by atoms with E-state index < -0.39 is 5.97 Å². The van der Waals surface area contributed by atoms with Gasteiger partial charge in [-0.05, 0) is 26.8 Å². The van der Waals surface area contributed by atoms with Crippen molar-refractivity contribution in [3.05, 3.63) is 35.0 Å². The number of carboxylic acids is 1. The number of anilines is 1. The van der Waals surface area contributed by atoms with Crippen LogP contribution in [-0.4, -0.2) is 27.7 Å². The average molecular weight is 291 g/mol. The molecule has 7 nitrogen and oxygen atoms in total. The molecule has 0 bridgehead atoms. The van der Waals surface area contributed by atoms with Crippen LogP contribution in [0.3, 0.4) is 0 Å². The average Bonchev–Trinajstić information content (AvgIpc) is 2.78. The minimum Gasteiger partial charge on any atom is -0.478 e. The van der Waals surface area contributed by atoms with Crippen molar-refractivity contribution in [3.63, 3.8) is 0 Å². The van der Waals surface area contributed by atoms with Gasteiger partial charge in [-0.3, -0.25) is 0 Å². The van der Waals surface area contributed by atoms with E-state index in [1.54, 1.807) is 19.9 Å². The van der Waals surface area contributed by atoms with Crippen LogP contribution in [0.15, 0.2) is 16.5 Å². The van der Waals surface area contributed by atoms with Crippen molar-refractivity contribution in [2.45, 2.75) is 27.3 Å². The molecule has 0 aliphatic heterocycles. The van der Waals surface area contributed by atoms with Crippen molar-refractivity contribution in [3.8, 4) is 5.88 Å². The third-order valence-electron chi connectivity index (χ3n) is 2.75. The first-order valence-corrected chi connectivity index (χ1v) is 6.54. The highest BCUT2D eigenvalue weighted by Gasteiger charge is 2.13. The van der Waals surface area contributed by atoms with Crippen LogP contribution in [0.1, 0.15) is 34.6 Å². The Morgan fingerprint density at radius 2 is 2.14 bits per heavy atom. The van der Waals surface area contributed by atoms with Crippen LogP contribution >= 0.6 is 0 Å². The zero-order valence-corrected chi connectivity index (χ0v) is 12.1. The van der Waals surface area contributed by atoms with E-state index in [4.69, 9.17) is 14.3 Å². The maximum Gasteiger partial charge on any atom is 0.339 e. The van der Waals surface area contributed by atoms with Crippen LogP contribution in [0.25, 0.3) is 0 Å². The molecule has 2 N–H and O–H groups in total. The Morgan fingerprint density at radius 3 is 2.76 bits per heavy atom. The van der Waals surface area contributed by atoms with E-state index in [0.29, 0.717) is 42.2 Å². The second kappa shape index (κ2) is 6.25. The summed E-state index contributed by atoms with van der Waals surface area (Å²) in [6.45, 7) is 6.12. The summed E-state index contributed by atoms with van der Waals surface area (Å²) in [7, 11) is 0. The minimum absolute atomic E-state index is 0.167. The molecule has 112 valence electrons. The number of nitrogens with zero attached hydrogens (tertiary/aromatic N) is 2. The predicted molar refractivity (Wildman–Crippen MR) is 75.7 cm³/mol. The highest BCUT2D eigenvalue weighted by molar-refractivity contribution is 5.88. The second-order valence-electron chi connectivity index (χ2n) is 4.41. The summed E-state index contributed by atoms with van der Waals surface area (Å²) in [6.07, 6.45) is 0. The van der Waals surface area contributed by atoms with Gasteiger partial charge in [-0.25, -0.2) is 9.78 Å². The van der Waals surface area contributed by atoms with Crippen LogP contribution in [0, 0.1) is 13.8 Å². The van der Waals surface area contributed by atoms with E-state index >= 15 is 0 Å². The fourth-order valence-electron chi connectivity index (χ4n) is 1.87. The van der Waals surface area contributed by atoms with Crippen LogP contribution in [-0.2, 0) is 6.54 Å². The number of ether oxygens (including phenoxy) is 1. The number of aryl methyl sites for hydroxylation is 2. The number of aromatic nitrogens is 2. The fourth-order valence-corrected chi connectivity index (χ4v) is 1.87. The third kappa shape index (κ3) is 3.71. The van der Waals surface area contributed by atoms with Gasteiger partial charge in [0.25, 0.3) is 0 Å². The first-order valence-electron chi connectivity index (χ1n) is 6.54. The zero-order valence-electron chi connectivity index (χ0n) is 12.1. The van der Waals surface area contributed by atoms with E-state index in [-0.39, 0.29) is 5.56 Å². The van der Waals surface area contributed by atoms with Crippen molar-refractivity contribution in [1.29, 1.82) is 0 Å². The lowest BCUT2D eigenvalue weighted by Crippen LogP contribution is -2.04. The molecular formula is C14H17N3O4. The molecule has 0 fully saturated rings. The highest BCUT2D eigenvalue weighted by Crippen LogP contribution is 2.17. The quantitative estimate of drug-likeness (QED) is 0.843. The maximum absolute atomic E-state index is 11.0. The minimum atomic E-state index is -1.00. The lowest BCUT2D eigenvalue weighted by Gasteiger charge is -2.07. The van der Waals surface area contributed by atoms with Gasteiger partial charge in [-0.1, -0.05) is 0 Å². The van der Waals surface area contributed by atoms with Gasteiger partial charge in [0, 0.05) is 6.07 Å². The number of furan rings is 1. The number of rotatable bonds is 6. The largest absolute Gasteiger partial charge is 0.478 e. The van der Waals surface area contributed by atoms with Gasteiger partial charge in [0.15, 0.2) is 0 Å². The molecule has 0 radical (unpaired) electrons. The first kappa shape index (κ1) is 14.8. The van der Waals surface area contributed by atoms with Crippen molar-refractivity contribution in [2.75, 3.05) is 11.9 Å². The SMILES string of the molecule is CCOc1cc(NCc2cc(C(=O)O)c(C)o2)nc(C)n1. The van der Waals surface area contributed by atoms with Crippen molar-refractivity contribution >= 4 is 11.8 Å². The molecule has 0 atom stereocenters. The second-order valence-corrected chi connectivity index (χ2v) is 4.41. The number of hydrogen-bond acceptors (Lipinski definition) is 6. The molecule has 0 saturated carbocycles. The molecule has 2 aromatic rings. The highest BCUT2D eigenvalue weighted by atomic mass is 16.5. The monoisotopic (exact) mass is 291 g/mol. The summed E-state index contributed by atoms with van der Waals surface area (Å²) in [4.78, 5) is 19.3. The smallest absolute Gasteiger partial charge is 0.339 e. The van der Waals surface area contributed by atoms with E-state index in [0.717, 1.165) is 0 Å². The Labute approximate surface area is 122 Å². The topological polar surface area (TPSA) is 97.5 Å². The Bertz CT molecular complexity index is 652. The molecule has 0 aliphatic carbocycles. The molecule has 0 spiro atoms. The molecule has 0 saturated heterocycles. The van der Waals surface area contributed by atoms with Gasteiger partial charge >= 0.3 is 5.97 Å². The van der Waals surface area contributed by atoms with Gasteiger partial charge < -0.3 is 19.6 Å². The Morgan fingerprint density at radius 1 is 1.38 bits per heavy atom. The Kier molecular flexibility index (Phi) is 4.42. The van der Waals surface area contributed by atoms with Crippen LogP contribution in [0.4, 0.5) is 5.82 Å². The summed E-state index contributed by atoms with van der Waals surface area (Å²) in [5.74, 6) is 1.59. The molecule has 0 aromatic carbocycles. The summed E-state index contributed by atoms with van der Waals surface area (Å²) in [6, 6.07) is 3.19. The number of nitrogens with one attached hydrogen (secondary N) is 1. The van der Waals surface area contributed by atoms with E-state index in [2.05, 4.69) is 15.3 Å². The molecule has 7 heteroatoms. The maximum atomic E-state index is 11.0. The molecular weight excluding hydrogens is 274 g/mol. The molecule has 2 aromatic heterocycles. The predicted octanol–water partition coefficient (Wildman–Crippen LogP) is 2.40. The lowest BCUT2D eigenvalue weighted by molar-refractivity contribution is 0.0695. The first-order chi connectivity index (χ1) is 9.99. The van der Waals surface area contributed by atoms with Gasteiger partial charge in [-0.15, -0.1) is 0 Å². The van der Waals surface area contributed by atoms with Crippen LogP contribution in [0.5, 0.6) is 5.88 Å². The van der Waals surface area contributed by atoms with Crippen LogP contribution in [0.2, 0.25) is 0 Å². The standard InChI is InChI=1S/C14H17N3O4/c1-4-20-13-6-12(16-9(3)17-13)15-7-10-5-11(14(18)19)8(2)21-10/h5-6H,4,7H2,1-3H3,(H,18,19)(H,15,16,17). The van der Waals surface area contributed by atoms with E-state index in [1.165, 1.54) is 6.07 Å². The summed E-state index contributed by atoms with van der Waals surface area (Å²) < 4.78 is 10.7. The van der Waals surface area contributed by atoms with Crippen molar-refractivity contribution < 1.29 is 19.1 Å². The summed E-state index contributed by atoms with van der Waals surface area (Å²) in [5, 5.41) is 12.0. The van der Waals surface area contributed by atoms with Crippen LogP contribution < -0.4 is 10.1 Å². The lowest BCUT2D eigenvalue weighted by atomic mass is 10.2. The molecule has 21 heavy (non-hydrogen) atoms. The molecule has 2 heterocycles. The van der Waals surface area contributed by atoms with E-state index in [1.807, 2.05) is 6.92 Å². The normalized spacial score (nSPS) is 10.4. The number of carboxylic acid groups (broad SMARTS) is 1. The molecule has 0 amide bonds. The molecule has 0 aliphatic rings. The van der Waals surface area contributed by atoms with Gasteiger partial charge in [0.05, 0.1) is 13.2 Å². The van der Waals surface area contributed by atoms with Crippen molar-refractivity contribution in [1.82, 2.24) is 9.97 Å². The fraction of sp³-hybridized carbons (Fsp3) is 0.357. The van der Waals surface area contributed by atoms with Crippen molar-refractivity contribution in [2.24, 2.45) is 0 Å². The third-order valence-corrected chi connectivity index (χ3v) is 2.75. The Hall–Kier alpha value is -2.57. The molecule has 0 unspecified atom stereocenters. The van der Waals surface area contributed by atoms with E-state index in [9.17, 15) is 4.79 Å². The summed E-state index contributed by atoms with van der Waals surface area (Å²) in [5.41, 5.74) is 0.167. The Balaban J connectivity index is 2.09. The number of aromatic carboxylic acids is 1.